The van der Waals surface area contributed by atoms with Gasteiger partial charge in [0.2, 0.25) is 5.89 Å². The molecule has 7 nitrogen and oxygen atoms in total. The number of oxazole rings is 1. The zero-order valence-corrected chi connectivity index (χ0v) is 18.7. The quantitative estimate of drug-likeness (QED) is 0.542. The lowest BCUT2D eigenvalue weighted by molar-refractivity contribution is 0.0658. The van der Waals surface area contributed by atoms with Gasteiger partial charge in [0.1, 0.15) is 12.0 Å². The molecule has 0 aliphatic carbocycles. The lowest BCUT2D eigenvalue weighted by Crippen LogP contribution is -2.47. The van der Waals surface area contributed by atoms with Gasteiger partial charge < -0.3 is 19.0 Å². The second-order valence-electron chi connectivity index (χ2n) is 8.20. The topological polar surface area (TPSA) is 62.1 Å². The Morgan fingerprint density at radius 1 is 1.00 bits per heavy atom. The molecule has 3 aromatic rings. The van der Waals surface area contributed by atoms with Crippen molar-refractivity contribution < 1.29 is 13.9 Å². The summed E-state index contributed by atoms with van der Waals surface area (Å²) in [6.07, 6.45) is 1.49. The Labute approximate surface area is 189 Å². The number of amides is 1. The number of carbonyl (C=O) groups is 1. The Hall–Kier alpha value is -3.16. The third-order valence-corrected chi connectivity index (χ3v) is 5.71. The fourth-order valence-electron chi connectivity index (χ4n) is 3.88. The van der Waals surface area contributed by atoms with Crippen LogP contribution >= 0.6 is 0 Å². The molecule has 1 aliphatic rings. The first-order valence-corrected chi connectivity index (χ1v) is 10.9. The van der Waals surface area contributed by atoms with Gasteiger partial charge in [0.25, 0.3) is 5.91 Å². The Morgan fingerprint density at radius 3 is 2.47 bits per heavy atom. The van der Waals surface area contributed by atoms with Gasteiger partial charge in [-0.2, -0.15) is 0 Å². The average molecular weight is 435 g/mol. The maximum Gasteiger partial charge on any atom is 0.275 e. The summed E-state index contributed by atoms with van der Waals surface area (Å²) >= 11 is 0. The Kier molecular flexibility index (Phi) is 7.19. The van der Waals surface area contributed by atoms with Crippen LogP contribution in [-0.4, -0.2) is 65.9 Å². The summed E-state index contributed by atoms with van der Waals surface area (Å²) in [6.45, 7) is 5.13. The maximum atomic E-state index is 12.8. The number of piperazine rings is 1. The number of rotatable bonds is 8. The molecular weight excluding hydrogens is 404 g/mol. The van der Waals surface area contributed by atoms with Crippen molar-refractivity contribution >= 4 is 5.91 Å². The van der Waals surface area contributed by atoms with Gasteiger partial charge in [-0.3, -0.25) is 9.69 Å². The molecule has 0 unspecified atom stereocenters. The van der Waals surface area contributed by atoms with Crippen molar-refractivity contribution in [1.82, 2.24) is 19.7 Å². The lowest BCUT2D eigenvalue weighted by atomic mass is 10.1. The van der Waals surface area contributed by atoms with Crippen molar-refractivity contribution in [3.63, 3.8) is 0 Å². The number of hydrogen-bond acceptors (Lipinski definition) is 6. The number of methoxy groups -OCH3 is 1. The van der Waals surface area contributed by atoms with Gasteiger partial charge in [-0.25, -0.2) is 4.98 Å². The van der Waals surface area contributed by atoms with E-state index in [1.54, 1.807) is 7.11 Å². The second-order valence-corrected chi connectivity index (χ2v) is 8.20. The van der Waals surface area contributed by atoms with Crippen LogP contribution in [0.2, 0.25) is 0 Å². The van der Waals surface area contributed by atoms with Gasteiger partial charge in [-0.05, 0) is 30.3 Å². The number of hydrogen-bond donors (Lipinski definition) is 0. The highest BCUT2D eigenvalue weighted by Gasteiger charge is 2.23. The minimum Gasteiger partial charge on any atom is -0.497 e. The molecule has 1 aromatic heterocycles. The molecule has 1 saturated heterocycles. The van der Waals surface area contributed by atoms with Gasteiger partial charge in [-0.15, -0.1) is 0 Å². The molecule has 2 heterocycles. The molecule has 0 N–H and O–H groups in total. The zero-order chi connectivity index (χ0) is 22.3. The normalized spacial score (nSPS) is 14.7. The molecule has 0 saturated carbocycles. The Balaban J connectivity index is 1.47. The van der Waals surface area contributed by atoms with Gasteiger partial charge >= 0.3 is 0 Å². The fourth-order valence-corrected chi connectivity index (χ4v) is 3.88. The van der Waals surface area contributed by atoms with E-state index >= 15 is 0 Å². The summed E-state index contributed by atoms with van der Waals surface area (Å²) in [6, 6.07) is 18.4. The van der Waals surface area contributed by atoms with Gasteiger partial charge in [0.05, 0.1) is 13.7 Å². The van der Waals surface area contributed by atoms with E-state index in [1.165, 1.54) is 11.8 Å². The van der Waals surface area contributed by atoms with Crippen LogP contribution in [0.25, 0.3) is 0 Å². The summed E-state index contributed by atoms with van der Waals surface area (Å²) in [5.74, 6) is 1.31. The zero-order valence-electron chi connectivity index (χ0n) is 18.7. The van der Waals surface area contributed by atoms with Gasteiger partial charge in [0.15, 0.2) is 5.69 Å². The van der Waals surface area contributed by atoms with E-state index in [0.717, 1.165) is 30.9 Å². The summed E-state index contributed by atoms with van der Waals surface area (Å²) in [4.78, 5) is 23.7. The molecule has 1 aliphatic heterocycles. The largest absolute Gasteiger partial charge is 0.497 e. The van der Waals surface area contributed by atoms with Crippen LogP contribution in [0.5, 0.6) is 5.75 Å². The van der Waals surface area contributed by atoms with Crippen molar-refractivity contribution in [2.45, 2.75) is 19.6 Å². The number of benzene rings is 2. The number of nitrogens with zero attached hydrogens (tertiary/aromatic N) is 4. The van der Waals surface area contributed by atoms with Crippen LogP contribution in [-0.2, 0) is 19.6 Å². The first kappa shape index (κ1) is 22.0. The van der Waals surface area contributed by atoms with E-state index in [-0.39, 0.29) is 5.91 Å². The SMILES string of the molecule is COc1cccc(CN(Cc2ccccc2)Cc2nc(C(=O)N3CCN(C)CC3)co2)c1. The third-order valence-electron chi connectivity index (χ3n) is 5.71. The molecule has 0 atom stereocenters. The number of likely N-dealkylation sites (N-methyl/N-ethyl adjacent to an activating group) is 1. The minimum atomic E-state index is -0.0597. The molecule has 0 spiro atoms. The first-order valence-electron chi connectivity index (χ1n) is 10.9. The highest BCUT2D eigenvalue weighted by Crippen LogP contribution is 2.18. The van der Waals surface area contributed by atoms with Crippen LogP contribution in [0, 0.1) is 0 Å². The summed E-state index contributed by atoms with van der Waals surface area (Å²) in [7, 11) is 3.74. The van der Waals surface area contributed by atoms with E-state index in [1.807, 2.05) is 41.3 Å². The van der Waals surface area contributed by atoms with Crippen molar-refractivity contribution in [3.05, 3.63) is 83.6 Å². The molecular formula is C25H30N4O3. The predicted molar refractivity (Wildman–Crippen MR) is 122 cm³/mol. The van der Waals surface area contributed by atoms with Crippen molar-refractivity contribution in [1.29, 1.82) is 0 Å². The van der Waals surface area contributed by atoms with Crippen molar-refractivity contribution in [3.8, 4) is 5.75 Å². The molecule has 1 fully saturated rings. The van der Waals surface area contributed by atoms with Gasteiger partial charge in [0, 0.05) is 39.3 Å². The minimum absolute atomic E-state index is 0.0597. The fraction of sp³-hybridized carbons (Fsp3) is 0.360. The number of aromatic nitrogens is 1. The summed E-state index contributed by atoms with van der Waals surface area (Å²) in [5, 5.41) is 0. The number of carbonyl (C=O) groups excluding carboxylic acids is 1. The smallest absolute Gasteiger partial charge is 0.275 e. The second kappa shape index (κ2) is 10.4. The molecule has 0 bridgehead atoms. The number of ether oxygens (including phenoxy) is 1. The first-order chi connectivity index (χ1) is 15.6. The Bertz CT molecular complexity index is 1010. The lowest BCUT2D eigenvalue weighted by Gasteiger charge is -2.31. The predicted octanol–water partition coefficient (Wildman–Crippen LogP) is 3.27. The van der Waals surface area contributed by atoms with Crippen LogP contribution in [0.15, 0.2) is 65.3 Å². The van der Waals surface area contributed by atoms with Crippen molar-refractivity contribution in [2.75, 3.05) is 40.3 Å². The molecule has 2 aromatic carbocycles. The molecule has 0 radical (unpaired) electrons. The molecule has 168 valence electrons. The van der Waals surface area contributed by atoms with Crippen LogP contribution in [0.3, 0.4) is 0 Å². The average Bonchev–Trinajstić information content (AvgIpc) is 3.28. The van der Waals surface area contributed by atoms with E-state index < -0.39 is 0 Å². The summed E-state index contributed by atoms with van der Waals surface area (Å²) in [5.41, 5.74) is 2.72. The van der Waals surface area contributed by atoms with E-state index in [9.17, 15) is 4.79 Å². The standard InChI is InChI=1S/C25H30N4O3/c1-27-11-13-29(14-12-27)25(30)23-19-32-24(26-23)18-28(16-20-7-4-3-5-8-20)17-21-9-6-10-22(15-21)31-2/h3-10,15,19H,11-14,16-18H2,1-2H3. The monoisotopic (exact) mass is 434 g/mol. The third kappa shape index (κ3) is 5.75. The van der Waals surface area contributed by atoms with E-state index in [4.69, 9.17) is 9.15 Å². The highest BCUT2D eigenvalue weighted by atomic mass is 16.5. The highest BCUT2D eigenvalue weighted by molar-refractivity contribution is 5.92. The van der Waals surface area contributed by atoms with Crippen LogP contribution in [0.1, 0.15) is 27.5 Å². The van der Waals surface area contributed by atoms with Gasteiger partial charge in [-0.1, -0.05) is 42.5 Å². The Morgan fingerprint density at radius 2 is 1.72 bits per heavy atom. The van der Waals surface area contributed by atoms with Crippen molar-refractivity contribution in [2.24, 2.45) is 0 Å². The van der Waals surface area contributed by atoms with E-state index in [0.29, 0.717) is 37.8 Å². The molecule has 4 rings (SSSR count). The maximum absolute atomic E-state index is 12.8. The summed E-state index contributed by atoms with van der Waals surface area (Å²) < 4.78 is 11.1. The molecule has 7 heteroatoms. The van der Waals surface area contributed by atoms with Crippen LogP contribution < -0.4 is 4.74 Å². The molecule has 32 heavy (non-hydrogen) atoms. The molecule has 1 amide bonds. The van der Waals surface area contributed by atoms with Crippen LogP contribution in [0.4, 0.5) is 0 Å². The van der Waals surface area contributed by atoms with E-state index in [2.05, 4.69) is 40.0 Å².